The maximum atomic E-state index is 12.0. The molecule has 1 N–H and O–H groups in total. The molecule has 0 radical (unpaired) electrons. The van der Waals surface area contributed by atoms with E-state index in [1.807, 2.05) is 23.1 Å². The Hall–Kier alpha value is -1.62. The Morgan fingerprint density at radius 1 is 1.27 bits per heavy atom. The molecule has 1 saturated heterocycles. The molecule has 140 valence electrons. The van der Waals surface area contributed by atoms with Gasteiger partial charge in [0.25, 0.3) is 0 Å². The molecular weight excluding hydrogens is 344 g/mol. The lowest BCUT2D eigenvalue weighted by Gasteiger charge is -2.34. The summed E-state index contributed by atoms with van der Waals surface area (Å²) in [6, 6.07) is 9.79. The Balaban J connectivity index is 1.84. The van der Waals surface area contributed by atoms with Crippen molar-refractivity contribution >= 4 is 29.7 Å². The number of hydrogen-bond acceptors (Lipinski definition) is 4. The maximum Gasteiger partial charge on any atom is 0.142 e. The number of thioether (sulfide) groups is 1. The van der Waals surface area contributed by atoms with Crippen LogP contribution in [0.4, 0.5) is 0 Å². The highest BCUT2D eigenvalue weighted by Crippen LogP contribution is 2.46. The van der Waals surface area contributed by atoms with Gasteiger partial charge in [-0.05, 0) is 24.8 Å². The Bertz CT molecular complexity index is 643. The molecule has 1 aromatic carbocycles. The Kier molecular flexibility index (Phi) is 6.52. The van der Waals surface area contributed by atoms with E-state index in [4.69, 9.17) is 5.41 Å². The van der Waals surface area contributed by atoms with E-state index in [0.717, 1.165) is 18.3 Å². The SMILES string of the molecule is CC(=O)CC1SC(c2ccccc2)N([C@H](C=O)CC2CCCCC2)C1=N. The average molecular weight is 373 g/mol. The van der Waals surface area contributed by atoms with Crippen molar-refractivity contribution < 1.29 is 9.59 Å². The van der Waals surface area contributed by atoms with Crippen molar-refractivity contribution in [3.63, 3.8) is 0 Å². The van der Waals surface area contributed by atoms with Crippen LogP contribution in [-0.2, 0) is 9.59 Å². The normalized spacial score (nSPS) is 25.3. The number of nitrogens with one attached hydrogen (secondary N) is 1. The van der Waals surface area contributed by atoms with Crippen LogP contribution in [0.5, 0.6) is 0 Å². The minimum Gasteiger partial charge on any atom is -0.334 e. The summed E-state index contributed by atoms with van der Waals surface area (Å²) in [7, 11) is 0. The third-order valence-corrected chi connectivity index (χ3v) is 6.98. The largest absolute Gasteiger partial charge is 0.334 e. The number of benzene rings is 1. The highest BCUT2D eigenvalue weighted by atomic mass is 32.2. The van der Waals surface area contributed by atoms with Gasteiger partial charge in [-0.25, -0.2) is 0 Å². The van der Waals surface area contributed by atoms with Crippen LogP contribution >= 0.6 is 11.8 Å². The third kappa shape index (κ3) is 4.37. The zero-order chi connectivity index (χ0) is 18.5. The smallest absolute Gasteiger partial charge is 0.142 e. The molecule has 0 amide bonds. The molecule has 2 fully saturated rings. The lowest BCUT2D eigenvalue weighted by molar-refractivity contribution is -0.116. The van der Waals surface area contributed by atoms with Crippen LogP contribution in [0.15, 0.2) is 30.3 Å². The topological polar surface area (TPSA) is 61.2 Å². The first-order valence-corrected chi connectivity index (χ1v) is 10.6. The summed E-state index contributed by atoms with van der Waals surface area (Å²) in [5, 5.41) is 8.46. The van der Waals surface area contributed by atoms with E-state index < -0.39 is 0 Å². The van der Waals surface area contributed by atoms with Gasteiger partial charge in [0.1, 0.15) is 23.3 Å². The molecule has 0 spiro atoms. The second-order valence-electron chi connectivity index (χ2n) is 7.53. The number of ketones is 1. The molecule has 4 nitrogen and oxygen atoms in total. The average Bonchev–Trinajstić information content (AvgIpc) is 2.97. The first-order chi connectivity index (χ1) is 12.6. The molecule has 3 atom stereocenters. The minimum atomic E-state index is -0.278. The number of hydrogen-bond donors (Lipinski definition) is 1. The third-order valence-electron chi connectivity index (χ3n) is 5.50. The van der Waals surface area contributed by atoms with Crippen molar-refractivity contribution in [2.24, 2.45) is 5.92 Å². The number of carbonyl (C=O) groups excluding carboxylic acids is 2. The number of nitrogens with zero attached hydrogens (tertiary/aromatic N) is 1. The van der Waals surface area contributed by atoms with Crippen molar-refractivity contribution in [1.29, 1.82) is 5.41 Å². The molecule has 26 heavy (non-hydrogen) atoms. The standard InChI is InChI=1S/C21H28N2O2S/c1-15(25)12-19-20(22)23(21(26-19)17-10-6-3-7-11-17)18(14-24)13-16-8-4-2-5-9-16/h3,6-7,10-11,14,16,18-19,21-22H,2,4-5,8-9,12-13H2,1H3/t18-,19?,21?/m0/s1. The van der Waals surface area contributed by atoms with Crippen LogP contribution in [0.1, 0.15) is 62.8 Å². The molecular formula is C21H28N2O2S. The molecule has 3 rings (SSSR count). The number of Topliss-reactive ketones (excluding diaryl/α,β-unsaturated/α-hetero) is 1. The second-order valence-corrected chi connectivity index (χ2v) is 8.82. The summed E-state index contributed by atoms with van der Waals surface area (Å²) < 4.78 is 0. The fourth-order valence-corrected chi connectivity index (χ4v) is 5.80. The van der Waals surface area contributed by atoms with E-state index in [-0.39, 0.29) is 22.4 Å². The van der Waals surface area contributed by atoms with E-state index >= 15 is 0 Å². The van der Waals surface area contributed by atoms with E-state index in [2.05, 4.69) is 12.1 Å². The summed E-state index contributed by atoms with van der Waals surface area (Å²) in [5.41, 5.74) is 1.10. The van der Waals surface area contributed by atoms with Gasteiger partial charge >= 0.3 is 0 Å². The Morgan fingerprint density at radius 3 is 2.58 bits per heavy atom. The van der Waals surface area contributed by atoms with Crippen LogP contribution in [-0.4, -0.2) is 34.1 Å². The molecule has 1 heterocycles. The van der Waals surface area contributed by atoms with E-state index in [9.17, 15) is 9.59 Å². The second kappa shape index (κ2) is 8.85. The van der Waals surface area contributed by atoms with E-state index in [1.165, 1.54) is 32.1 Å². The fourth-order valence-electron chi connectivity index (χ4n) is 4.19. The van der Waals surface area contributed by atoms with Gasteiger partial charge < -0.3 is 9.69 Å². The summed E-state index contributed by atoms with van der Waals surface area (Å²) in [6.07, 6.45) is 8.37. The molecule has 2 unspecified atom stereocenters. The Labute approximate surface area is 160 Å². The summed E-state index contributed by atoms with van der Waals surface area (Å²) in [4.78, 5) is 25.6. The fraction of sp³-hybridized carbons (Fsp3) is 0.571. The van der Waals surface area contributed by atoms with Gasteiger partial charge in [0, 0.05) is 6.42 Å². The minimum absolute atomic E-state index is 0.0631. The van der Waals surface area contributed by atoms with Crippen molar-refractivity contribution in [2.75, 3.05) is 0 Å². The van der Waals surface area contributed by atoms with Crippen LogP contribution < -0.4 is 0 Å². The van der Waals surface area contributed by atoms with E-state index in [0.29, 0.717) is 18.2 Å². The van der Waals surface area contributed by atoms with Crippen molar-refractivity contribution in [3.05, 3.63) is 35.9 Å². The van der Waals surface area contributed by atoms with Gasteiger partial charge in [-0.3, -0.25) is 10.2 Å². The highest BCUT2D eigenvalue weighted by molar-refractivity contribution is 8.01. The van der Waals surface area contributed by atoms with Crippen molar-refractivity contribution in [2.45, 2.75) is 68.5 Å². The van der Waals surface area contributed by atoms with Crippen LogP contribution in [0.3, 0.4) is 0 Å². The predicted octanol–water partition coefficient (Wildman–Crippen LogP) is 4.60. The van der Waals surface area contributed by atoms with Gasteiger partial charge in [0.05, 0.1) is 11.3 Å². The lowest BCUT2D eigenvalue weighted by atomic mass is 9.84. The van der Waals surface area contributed by atoms with Gasteiger partial charge in [0.15, 0.2) is 0 Å². The maximum absolute atomic E-state index is 12.0. The summed E-state index contributed by atoms with van der Waals surface area (Å²) in [5.74, 6) is 1.10. The highest BCUT2D eigenvalue weighted by Gasteiger charge is 2.42. The summed E-state index contributed by atoms with van der Waals surface area (Å²) in [6.45, 7) is 1.58. The van der Waals surface area contributed by atoms with Crippen LogP contribution in [0.2, 0.25) is 0 Å². The zero-order valence-corrected chi connectivity index (χ0v) is 16.2. The molecule has 1 aliphatic carbocycles. The van der Waals surface area contributed by atoms with Crippen LogP contribution in [0, 0.1) is 11.3 Å². The molecule has 1 aromatic rings. The first kappa shape index (κ1) is 19.2. The molecule has 0 bridgehead atoms. The van der Waals surface area contributed by atoms with Gasteiger partial charge in [-0.1, -0.05) is 62.4 Å². The number of rotatable bonds is 7. The summed E-state index contributed by atoms with van der Waals surface area (Å²) >= 11 is 1.64. The molecule has 2 aliphatic rings. The Morgan fingerprint density at radius 2 is 1.96 bits per heavy atom. The number of carbonyl (C=O) groups is 2. The molecule has 1 aliphatic heterocycles. The van der Waals surface area contributed by atoms with Gasteiger partial charge in [-0.2, -0.15) is 0 Å². The predicted molar refractivity (Wildman–Crippen MR) is 106 cm³/mol. The monoisotopic (exact) mass is 372 g/mol. The lowest BCUT2D eigenvalue weighted by Crippen LogP contribution is -2.42. The number of amidine groups is 1. The van der Waals surface area contributed by atoms with E-state index in [1.54, 1.807) is 18.7 Å². The molecule has 5 heteroatoms. The number of aldehydes is 1. The quantitative estimate of drug-likeness (QED) is 0.711. The van der Waals surface area contributed by atoms with Crippen molar-refractivity contribution in [1.82, 2.24) is 4.90 Å². The van der Waals surface area contributed by atoms with Gasteiger partial charge in [-0.15, -0.1) is 11.8 Å². The first-order valence-electron chi connectivity index (χ1n) is 9.62. The molecule has 0 aromatic heterocycles. The van der Waals surface area contributed by atoms with Crippen LogP contribution in [0.25, 0.3) is 0 Å². The van der Waals surface area contributed by atoms with Crippen molar-refractivity contribution in [3.8, 4) is 0 Å². The molecule has 1 saturated carbocycles. The zero-order valence-electron chi connectivity index (χ0n) is 15.4. The van der Waals surface area contributed by atoms with Gasteiger partial charge in [0.2, 0.25) is 0 Å².